The van der Waals surface area contributed by atoms with Crippen molar-refractivity contribution >= 4 is 17.4 Å². The summed E-state index contributed by atoms with van der Waals surface area (Å²) in [5, 5.41) is 2.67. The Balaban J connectivity index is 2.78. The second-order valence-corrected chi connectivity index (χ2v) is 9.35. The first-order valence-electron chi connectivity index (χ1n) is 8.11. The predicted molar refractivity (Wildman–Crippen MR) is 95.2 cm³/mol. The standard InChI is InChI=1S/C18H25F6NS/c1-15(2,3)9-16(4,5)10-26-11-25-14-7-12(17(19,20)21)6-13(8-14)18(22,23)24/h6-8,25H,9-11H2,1-5H3. The summed E-state index contributed by atoms with van der Waals surface area (Å²) >= 11 is 1.45. The van der Waals surface area contributed by atoms with Crippen LogP contribution in [0.5, 0.6) is 0 Å². The van der Waals surface area contributed by atoms with Crippen LogP contribution < -0.4 is 5.32 Å². The maximum absolute atomic E-state index is 12.8. The van der Waals surface area contributed by atoms with Gasteiger partial charge in [0, 0.05) is 11.4 Å². The van der Waals surface area contributed by atoms with Gasteiger partial charge in [0.25, 0.3) is 0 Å². The first kappa shape index (κ1) is 23.0. The van der Waals surface area contributed by atoms with E-state index in [0.717, 1.165) is 12.2 Å². The SMILES string of the molecule is CC(C)(C)CC(C)(C)CSCNc1cc(C(F)(F)F)cc(C(F)(F)F)c1. The highest BCUT2D eigenvalue weighted by Gasteiger charge is 2.37. The van der Waals surface area contributed by atoms with Crippen LogP contribution >= 0.6 is 11.8 Å². The smallest absolute Gasteiger partial charge is 0.376 e. The highest BCUT2D eigenvalue weighted by atomic mass is 32.2. The van der Waals surface area contributed by atoms with Crippen LogP contribution in [0.3, 0.4) is 0 Å². The summed E-state index contributed by atoms with van der Waals surface area (Å²) in [6.07, 6.45) is -8.71. The fourth-order valence-corrected chi connectivity index (χ4v) is 4.03. The lowest BCUT2D eigenvalue weighted by Gasteiger charge is -2.32. The average molecular weight is 401 g/mol. The number of thioether (sulfide) groups is 1. The lowest BCUT2D eigenvalue weighted by Crippen LogP contribution is -2.23. The van der Waals surface area contributed by atoms with Crippen molar-refractivity contribution in [2.75, 3.05) is 16.9 Å². The van der Waals surface area contributed by atoms with E-state index in [9.17, 15) is 26.3 Å². The first-order valence-corrected chi connectivity index (χ1v) is 9.26. The molecule has 0 saturated heterocycles. The third-order valence-electron chi connectivity index (χ3n) is 3.47. The lowest BCUT2D eigenvalue weighted by molar-refractivity contribution is -0.143. The molecule has 0 aliphatic rings. The molecule has 0 radical (unpaired) electrons. The van der Waals surface area contributed by atoms with E-state index in [1.165, 1.54) is 11.8 Å². The number of anilines is 1. The van der Waals surface area contributed by atoms with Crippen LogP contribution in [0.2, 0.25) is 0 Å². The number of hydrogen-bond acceptors (Lipinski definition) is 2. The summed E-state index contributed by atoms with van der Waals surface area (Å²) in [6.45, 7) is 10.6. The van der Waals surface area contributed by atoms with Crippen LogP contribution in [0.25, 0.3) is 0 Å². The minimum Gasteiger partial charge on any atom is -0.376 e. The van der Waals surface area contributed by atoms with E-state index < -0.39 is 23.5 Å². The van der Waals surface area contributed by atoms with E-state index in [1.807, 2.05) is 0 Å². The summed E-state index contributed by atoms with van der Waals surface area (Å²) in [7, 11) is 0. The second-order valence-electron chi connectivity index (χ2n) is 8.37. The van der Waals surface area contributed by atoms with Gasteiger partial charge in [0.05, 0.1) is 17.0 Å². The van der Waals surface area contributed by atoms with Gasteiger partial charge in [-0.05, 0) is 35.4 Å². The van der Waals surface area contributed by atoms with E-state index in [0.29, 0.717) is 12.1 Å². The molecule has 1 aromatic rings. The summed E-state index contributed by atoms with van der Waals surface area (Å²) in [6, 6.07) is 1.54. The number of alkyl halides is 6. The summed E-state index contributed by atoms with van der Waals surface area (Å²) in [5.41, 5.74) is -2.66. The predicted octanol–water partition coefficient (Wildman–Crippen LogP) is 7.29. The molecule has 1 aromatic carbocycles. The molecule has 0 saturated carbocycles. The molecule has 0 aliphatic carbocycles. The lowest BCUT2D eigenvalue weighted by atomic mass is 9.77. The van der Waals surface area contributed by atoms with Gasteiger partial charge in [-0.25, -0.2) is 0 Å². The van der Waals surface area contributed by atoms with Crippen LogP contribution in [0.1, 0.15) is 52.2 Å². The van der Waals surface area contributed by atoms with Crippen molar-refractivity contribution < 1.29 is 26.3 Å². The fraction of sp³-hybridized carbons (Fsp3) is 0.667. The molecule has 1 nitrogen and oxygen atoms in total. The van der Waals surface area contributed by atoms with Gasteiger partial charge in [-0.3, -0.25) is 0 Å². The Morgan fingerprint density at radius 1 is 0.808 bits per heavy atom. The van der Waals surface area contributed by atoms with Crippen molar-refractivity contribution in [2.45, 2.75) is 53.4 Å². The zero-order valence-corrected chi connectivity index (χ0v) is 16.3. The molecule has 1 rings (SSSR count). The van der Waals surface area contributed by atoms with Crippen LogP contribution in [0.4, 0.5) is 32.0 Å². The van der Waals surface area contributed by atoms with Crippen LogP contribution in [-0.2, 0) is 12.4 Å². The monoisotopic (exact) mass is 401 g/mol. The van der Waals surface area contributed by atoms with Gasteiger partial charge < -0.3 is 5.32 Å². The molecular formula is C18H25F6NS. The van der Waals surface area contributed by atoms with Gasteiger partial charge in [0.2, 0.25) is 0 Å². The zero-order valence-electron chi connectivity index (χ0n) is 15.5. The summed E-state index contributed by atoms with van der Waals surface area (Å²) in [4.78, 5) is 0. The van der Waals surface area contributed by atoms with Gasteiger partial charge >= 0.3 is 12.4 Å². The van der Waals surface area contributed by atoms with Gasteiger partial charge in [-0.15, -0.1) is 11.8 Å². The minimum absolute atomic E-state index is 0.00947. The van der Waals surface area contributed by atoms with Gasteiger partial charge in [-0.2, -0.15) is 26.3 Å². The zero-order chi connectivity index (χ0) is 20.4. The van der Waals surface area contributed by atoms with Crippen LogP contribution in [0, 0.1) is 10.8 Å². The van der Waals surface area contributed by atoms with E-state index >= 15 is 0 Å². The van der Waals surface area contributed by atoms with Gasteiger partial charge in [-0.1, -0.05) is 34.6 Å². The highest BCUT2D eigenvalue weighted by molar-refractivity contribution is 7.99. The molecule has 150 valence electrons. The summed E-state index contributed by atoms with van der Waals surface area (Å²) in [5.74, 6) is 0.967. The third-order valence-corrected chi connectivity index (χ3v) is 4.80. The largest absolute Gasteiger partial charge is 0.416 e. The first-order chi connectivity index (χ1) is 11.5. The van der Waals surface area contributed by atoms with Gasteiger partial charge in [0.15, 0.2) is 0 Å². The van der Waals surface area contributed by atoms with Gasteiger partial charge in [0.1, 0.15) is 0 Å². The van der Waals surface area contributed by atoms with Crippen molar-refractivity contribution in [2.24, 2.45) is 10.8 Å². The second kappa shape index (κ2) is 7.90. The highest BCUT2D eigenvalue weighted by Crippen LogP contribution is 2.38. The molecule has 0 bridgehead atoms. The van der Waals surface area contributed by atoms with Crippen molar-refractivity contribution in [3.63, 3.8) is 0 Å². The Bertz CT molecular complexity index is 567. The molecule has 0 heterocycles. The Labute approximate surface area is 154 Å². The number of halogens is 6. The average Bonchev–Trinajstić information content (AvgIpc) is 2.39. The Morgan fingerprint density at radius 2 is 1.27 bits per heavy atom. The fourth-order valence-electron chi connectivity index (χ4n) is 3.01. The van der Waals surface area contributed by atoms with E-state index in [4.69, 9.17) is 0 Å². The molecule has 1 N–H and O–H groups in total. The molecule has 0 atom stereocenters. The Kier molecular flexibility index (Phi) is 6.99. The maximum Gasteiger partial charge on any atom is 0.416 e. The molecule has 0 aromatic heterocycles. The molecule has 26 heavy (non-hydrogen) atoms. The number of nitrogens with one attached hydrogen (secondary N) is 1. The number of hydrogen-bond donors (Lipinski definition) is 1. The Morgan fingerprint density at radius 3 is 1.65 bits per heavy atom. The van der Waals surface area contributed by atoms with Crippen LogP contribution in [0.15, 0.2) is 18.2 Å². The molecule has 0 unspecified atom stereocenters. The minimum atomic E-state index is -4.83. The van der Waals surface area contributed by atoms with E-state index in [-0.39, 0.29) is 28.5 Å². The number of benzene rings is 1. The van der Waals surface area contributed by atoms with E-state index in [1.54, 1.807) is 0 Å². The number of rotatable bonds is 6. The molecular weight excluding hydrogens is 376 g/mol. The van der Waals surface area contributed by atoms with Crippen molar-refractivity contribution in [1.82, 2.24) is 0 Å². The molecule has 0 aliphatic heterocycles. The van der Waals surface area contributed by atoms with Crippen LogP contribution in [-0.4, -0.2) is 11.6 Å². The third kappa shape index (κ3) is 8.10. The molecule has 0 fully saturated rings. The van der Waals surface area contributed by atoms with Crippen molar-refractivity contribution in [3.8, 4) is 0 Å². The molecule has 8 heteroatoms. The summed E-state index contributed by atoms with van der Waals surface area (Å²) < 4.78 is 77.0. The normalized spacial score (nSPS) is 13.8. The topological polar surface area (TPSA) is 12.0 Å². The van der Waals surface area contributed by atoms with Crippen molar-refractivity contribution in [3.05, 3.63) is 29.3 Å². The molecule has 0 spiro atoms. The molecule has 0 amide bonds. The van der Waals surface area contributed by atoms with E-state index in [2.05, 4.69) is 39.9 Å². The maximum atomic E-state index is 12.8. The quantitative estimate of drug-likeness (QED) is 0.305. The van der Waals surface area contributed by atoms with Crippen molar-refractivity contribution in [1.29, 1.82) is 0 Å². The Hall–Kier alpha value is -1.05.